The first-order valence-corrected chi connectivity index (χ1v) is 11.7. The Labute approximate surface area is 183 Å². The van der Waals surface area contributed by atoms with Crippen molar-refractivity contribution in [1.82, 2.24) is 4.72 Å². The lowest BCUT2D eigenvalue weighted by Gasteiger charge is -2.20. The van der Waals surface area contributed by atoms with Crippen LogP contribution in [0.15, 0.2) is 64.9 Å². The Hall–Kier alpha value is -2.39. The third kappa shape index (κ3) is 3.30. The summed E-state index contributed by atoms with van der Waals surface area (Å²) in [7, 11) is -4.05. The maximum Gasteiger partial charge on any atom is 0.325 e. The summed E-state index contributed by atoms with van der Waals surface area (Å²) in [5, 5.41) is 10.3. The van der Waals surface area contributed by atoms with Crippen LogP contribution in [-0.2, 0) is 20.2 Å². The summed E-state index contributed by atoms with van der Waals surface area (Å²) in [6, 6.07) is 17.3. The lowest BCUT2D eigenvalue weighted by Crippen LogP contribution is -2.47. The molecule has 1 fully saturated rings. The number of nitrogens with one attached hydrogen (secondary N) is 1. The minimum absolute atomic E-state index is 0.0361. The summed E-state index contributed by atoms with van der Waals surface area (Å²) in [6.07, 6.45) is 0.171. The van der Waals surface area contributed by atoms with Gasteiger partial charge in [-0.1, -0.05) is 54.9 Å². The number of carboxylic acid groups (broad SMARTS) is 1. The fourth-order valence-electron chi connectivity index (χ4n) is 3.74. The number of thiophene rings is 1. The normalized spacial score (nSPS) is 23.3. The number of rotatable bonds is 6. The van der Waals surface area contributed by atoms with Crippen LogP contribution in [0.1, 0.15) is 18.9 Å². The molecule has 9 heteroatoms. The minimum atomic E-state index is -4.05. The van der Waals surface area contributed by atoms with Crippen LogP contribution in [0.3, 0.4) is 0 Å². The molecule has 1 aliphatic carbocycles. The van der Waals surface area contributed by atoms with Gasteiger partial charge in [-0.05, 0) is 41.8 Å². The monoisotopic (exact) mass is 462 g/mol. The lowest BCUT2D eigenvalue weighted by molar-refractivity contribution is -0.140. The van der Waals surface area contributed by atoms with Crippen molar-refractivity contribution < 1.29 is 18.3 Å². The van der Waals surface area contributed by atoms with Gasteiger partial charge in [0.15, 0.2) is 0 Å². The Morgan fingerprint density at radius 1 is 1.17 bits per heavy atom. The molecule has 0 aliphatic heterocycles. The molecular weight excluding hydrogens is 444 g/mol. The van der Waals surface area contributed by atoms with Crippen molar-refractivity contribution in [3.8, 4) is 10.4 Å². The Bertz CT molecular complexity index is 1240. The number of aliphatic carboxylic acids is 1. The highest BCUT2D eigenvalue weighted by molar-refractivity contribution is 7.91. The van der Waals surface area contributed by atoms with E-state index in [1.165, 1.54) is 6.07 Å². The zero-order valence-corrected chi connectivity index (χ0v) is 18.3. The first-order valence-electron chi connectivity index (χ1n) is 9.07. The fraction of sp³-hybridized carbons (Fsp3) is 0.190. The van der Waals surface area contributed by atoms with Crippen LogP contribution in [-0.4, -0.2) is 25.0 Å². The summed E-state index contributed by atoms with van der Waals surface area (Å²) in [4.78, 5) is 12.8. The smallest absolute Gasteiger partial charge is 0.325 e. The molecule has 2 aromatic carbocycles. The minimum Gasteiger partial charge on any atom is -0.480 e. The third-order valence-electron chi connectivity index (χ3n) is 5.65. The van der Waals surface area contributed by atoms with Gasteiger partial charge in [-0.2, -0.15) is 4.72 Å². The molecule has 6 nitrogen and oxygen atoms in total. The average Bonchev–Trinajstić information content (AvgIpc) is 3.07. The van der Waals surface area contributed by atoms with E-state index in [9.17, 15) is 18.3 Å². The summed E-state index contributed by atoms with van der Waals surface area (Å²) >= 11 is 6.99. The predicted octanol–water partition coefficient (Wildman–Crippen LogP) is 4.11. The first kappa shape index (κ1) is 20.9. The number of hydrogen-bond acceptors (Lipinski definition) is 5. The third-order valence-corrected chi connectivity index (χ3v) is 9.11. The van der Waals surface area contributed by atoms with Crippen molar-refractivity contribution >= 4 is 44.6 Å². The van der Waals surface area contributed by atoms with Gasteiger partial charge >= 0.3 is 5.97 Å². The fourth-order valence-corrected chi connectivity index (χ4v) is 6.62. The van der Waals surface area contributed by atoms with Crippen LogP contribution in [0.5, 0.6) is 0 Å². The quantitative estimate of drug-likeness (QED) is 0.477. The van der Waals surface area contributed by atoms with Gasteiger partial charge in [0.05, 0.1) is 10.7 Å². The molecule has 2 atom stereocenters. The average molecular weight is 463 g/mol. The van der Waals surface area contributed by atoms with Crippen molar-refractivity contribution in [2.24, 2.45) is 0 Å². The van der Waals surface area contributed by atoms with Crippen LogP contribution in [0.2, 0.25) is 5.02 Å². The van der Waals surface area contributed by atoms with E-state index in [4.69, 9.17) is 17.3 Å². The molecule has 156 valence electrons. The number of hydrogen-bond donors (Lipinski definition) is 3. The topological polar surface area (TPSA) is 109 Å². The van der Waals surface area contributed by atoms with Crippen molar-refractivity contribution in [2.75, 3.05) is 5.73 Å². The molecular formula is C21H19ClN2O4S2. The van der Waals surface area contributed by atoms with Gasteiger partial charge in [-0.15, -0.1) is 11.3 Å². The van der Waals surface area contributed by atoms with E-state index in [-0.39, 0.29) is 10.6 Å². The Morgan fingerprint density at radius 3 is 2.50 bits per heavy atom. The lowest BCUT2D eigenvalue weighted by atomic mass is 9.93. The van der Waals surface area contributed by atoms with E-state index in [1.54, 1.807) is 31.2 Å². The molecule has 0 saturated heterocycles. The van der Waals surface area contributed by atoms with Crippen LogP contribution < -0.4 is 10.5 Å². The van der Waals surface area contributed by atoms with Gasteiger partial charge in [0.1, 0.15) is 9.75 Å². The number of carbonyl (C=O) groups is 1. The zero-order valence-electron chi connectivity index (χ0n) is 15.9. The number of carboxylic acids is 1. The van der Waals surface area contributed by atoms with E-state index in [0.29, 0.717) is 15.6 Å². The number of sulfonamides is 1. The van der Waals surface area contributed by atoms with E-state index in [2.05, 4.69) is 4.72 Å². The summed E-state index contributed by atoms with van der Waals surface area (Å²) in [5.41, 5.74) is 5.31. The molecule has 1 saturated carbocycles. The van der Waals surface area contributed by atoms with Gasteiger partial charge in [-0.25, -0.2) is 8.42 Å². The van der Waals surface area contributed by atoms with Gasteiger partial charge in [0, 0.05) is 10.3 Å². The molecule has 0 spiro atoms. The molecule has 1 heterocycles. The SMILES string of the molecule is CC1(c2ccccc2)C[C@@]1(NS(=O)(=O)c1ccc(-c2ccc(Cl)c(N)c2)s1)C(=O)O. The molecule has 1 aliphatic rings. The summed E-state index contributed by atoms with van der Waals surface area (Å²) in [5.74, 6) is -1.19. The number of nitrogens with two attached hydrogens (primary N) is 1. The van der Waals surface area contributed by atoms with Gasteiger partial charge in [0.25, 0.3) is 10.0 Å². The number of anilines is 1. The molecule has 30 heavy (non-hydrogen) atoms. The Kier molecular flexibility index (Phi) is 4.93. The largest absolute Gasteiger partial charge is 0.480 e. The van der Waals surface area contributed by atoms with Crippen molar-refractivity contribution in [2.45, 2.75) is 28.5 Å². The predicted molar refractivity (Wildman–Crippen MR) is 118 cm³/mol. The Morgan fingerprint density at radius 2 is 1.87 bits per heavy atom. The highest BCUT2D eigenvalue weighted by Crippen LogP contribution is 2.58. The molecule has 4 N–H and O–H groups in total. The number of nitrogen functional groups attached to an aromatic ring is 1. The van der Waals surface area contributed by atoms with E-state index in [0.717, 1.165) is 22.5 Å². The van der Waals surface area contributed by atoms with Crippen LogP contribution in [0.25, 0.3) is 10.4 Å². The molecule has 1 unspecified atom stereocenters. The number of halogens is 1. The molecule has 3 aromatic rings. The second-order valence-electron chi connectivity index (χ2n) is 7.55. The first-order chi connectivity index (χ1) is 14.1. The molecule has 0 amide bonds. The maximum atomic E-state index is 13.1. The summed E-state index contributed by atoms with van der Waals surface area (Å²) < 4.78 is 28.6. The Balaban J connectivity index is 1.65. The van der Waals surface area contributed by atoms with Gasteiger partial charge < -0.3 is 10.8 Å². The maximum absolute atomic E-state index is 13.1. The second-order valence-corrected chi connectivity index (χ2v) is 10.9. The van der Waals surface area contributed by atoms with Crippen molar-refractivity contribution in [1.29, 1.82) is 0 Å². The highest BCUT2D eigenvalue weighted by atomic mass is 35.5. The van der Waals surface area contributed by atoms with Crippen LogP contribution >= 0.6 is 22.9 Å². The van der Waals surface area contributed by atoms with E-state index in [1.807, 2.05) is 30.3 Å². The van der Waals surface area contributed by atoms with Gasteiger partial charge in [-0.3, -0.25) is 4.79 Å². The standard InChI is InChI=1S/C21H19ClN2O4S2/c1-20(14-5-3-2-4-6-14)12-21(20,19(25)26)24-30(27,28)18-10-9-17(29-18)13-7-8-15(22)16(23)11-13/h2-11,24H,12,23H2,1H3,(H,25,26)/t20?,21-/m1/s1. The van der Waals surface area contributed by atoms with Gasteiger partial charge in [0.2, 0.25) is 0 Å². The molecule has 0 bridgehead atoms. The van der Waals surface area contributed by atoms with E-state index >= 15 is 0 Å². The van der Waals surface area contributed by atoms with Crippen LogP contribution in [0.4, 0.5) is 5.69 Å². The zero-order chi connectivity index (χ0) is 21.7. The molecule has 4 rings (SSSR count). The summed E-state index contributed by atoms with van der Waals surface area (Å²) in [6.45, 7) is 1.76. The van der Waals surface area contributed by atoms with Crippen LogP contribution in [0, 0.1) is 0 Å². The number of benzene rings is 2. The van der Waals surface area contributed by atoms with E-state index < -0.39 is 26.9 Å². The van der Waals surface area contributed by atoms with Crippen molar-refractivity contribution in [3.05, 3.63) is 71.2 Å². The molecule has 0 radical (unpaired) electrons. The highest BCUT2D eigenvalue weighted by Gasteiger charge is 2.72. The van der Waals surface area contributed by atoms with Crippen molar-refractivity contribution in [3.63, 3.8) is 0 Å². The molecule has 1 aromatic heterocycles. The second kappa shape index (κ2) is 7.09.